The maximum atomic E-state index is 10.8. The predicted octanol–water partition coefficient (Wildman–Crippen LogP) is 2.61. The molecule has 0 bridgehead atoms. The predicted molar refractivity (Wildman–Crippen MR) is 66.5 cm³/mol. The van der Waals surface area contributed by atoms with E-state index in [1.807, 2.05) is 17.5 Å². The SMILES string of the molecule is Nc1ccc(C(=O)O)cc1OCc1cccs1. The summed E-state index contributed by atoms with van der Waals surface area (Å²) in [6, 6.07) is 8.30. The first-order valence-corrected chi connectivity index (χ1v) is 5.83. The van der Waals surface area contributed by atoms with Gasteiger partial charge >= 0.3 is 5.97 Å². The molecule has 1 aromatic heterocycles. The van der Waals surface area contributed by atoms with Crippen LogP contribution in [0.4, 0.5) is 5.69 Å². The number of ether oxygens (including phenoxy) is 1. The lowest BCUT2D eigenvalue weighted by atomic mass is 10.2. The maximum Gasteiger partial charge on any atom is 0.335 e. The second-order valence-electron chi connectivity index (χ2n) is 3.43. The van der Waals surface area contributed by atoms with Gasteiger partial charge in [-0.2, -0.15) is 0 Å². The van der Waals surface area contributed by atoms with E-state index in [9.17, 15) is 4.79 Å². The van der Waals surface area contributed by atoms with Gasteiger partial charge in [0.15, 0.2) is 0 Å². The van der Waals surface area contributed by atoms with Crippen molar-refractivity contribution in [2.75, 3.05) is 5.73 Å². The fourth-order valence-electron chi connectivity index (χ4n) is 1.34. The highest BCUT2D eigenvalue weighted by Gasteiger charge is 2.07. The largest absolute Gasteiger partial charge is 0.486 e. The molecule has 3 N–H and O–H groups in total. The molecule has 0 saturated carbocycles. The summed E-state index contributed by atoms with van der Waals surface area (Å²) in [6.07, 6.45) is 0. The van der Waals surface area contributed by atoms with Gasteiger partial charge in [0, 0.05) is 4.88 Å². The molecule has 0 aliphatic heterocycles. The van der Waals surface area contributed by atoms with Crippen LogP contribution < -0.4 is 10.5 Å². The number of rotatable bonds is 4. The fraction of sp³-hybridized carbons (Fsp3) is 0.0833. The minimum Gasteiger partial charge on any atom is -0.486 e. The standard InChI is InChI=1S/C12H11NO3S/c13-10-4-3-8(12(14)15)6-11(10)16-7-9-2-1-5-17-9/h1-6H,7,13H2,(H,14,15). The molecule has 5 heteroatoms. The fourth-order valence-corrected chi connectivity index (χ4v) is 1.95. The van der Waals surface area contributed by atoms with Crippen molar-refractivity contribution in [3.8, 4) is 5.75 Å². The van der Waals surface area contributed by atoms with Gasteiger partial charge < -0.3 is 15.6 Å². The number of nitrogens with two attached hydrogens (primary N) is 1. The van der Waals surface area contributed by atoms with Gasteiger partial charge in [-0.25, -0.2) is 4.79 Å². The smallest absolute Gasteiger partial charge is 0.335 e. The highest BCUT2D eigenvalue weighted by atomic mass is 32.1. The number of hydrogen-bond donors (Lipinski definition) is 2. The molecule has 0 aliphatic carbocycles. The molecule has 0 fully saturated rings. The number of carboxylic acid groups (broad SMARTS) is 1. The molecule has 0 aliphatic rings. The Morgan fingerprint density at radius 3 is 2.88 bits per heavy atom. The molecule has 0 amide bonds. The molecule has 0 spiro atoms. The van der Waals surface area contributed by atoms with Gasteiger partial charge in [-0.1, -0.05) is 6.07 Å². The third-order valence-electron chi connectivity index (χ3n) is 2.21. The van der Waals surface area contributed by atoms with E-state index >= 15 is 0 Å². The molecule has 2 aromatic rings. The summed E-state index contributed by atoms with van der Waals surface area (Å²) in [7, 11) is 0. The zero-order valence-electron chi connectivity index (χ0n) is 8.92. The number of aromatic carboxylic acids is 1. The average Bonchev–Trinajstić information content (AvgIpc) is 2.80. The number of hydrogen-bond acceptors (Lipinski definition) is 4. The van der Waals surface area contributed by atoms with Gasteiger partial charge in [0.25, 0.3) is 0 Å². The topological polar surface area (TPSA) is 72.6 Å². The van der Waals surface area contributed by atoms with Crippen LogP contribution in [0.15, 0.2) is 35.7 Å². The van der Waals surface area contributed by atoms with Crippen LogP contribution in [0.5, 0.6) is 5.75 Å². The molecule has 1 aromatic carbocycles. The van der Waals surface area contributed by atoms with E-state index in [-0.39, 0.29) is 5.56 Å². The second kappa shape index (κ2) is 4.88. The van der Waals surface area contributed by atoms with E-state index in [1.54, 1.807) is 11.3 Å². The van der Waals surface area contributed by atoms with Crippen molar-refractivity contribution in [1.82, 2.24) is 0 Å². The average molecular weight is 249 g/mol. The van der Waals surface area contributed by atoms with E-state index in [4.69, 9.17) is 15.6 Å². The Morgan fingerprint density at radius 1 is 1.41 bits per heavy atom. The van der Waals surface area contributed by atoms with Crippen molar-refractivity contribution in [3.63, 3.8) is 0 Å². The van der Waals surface area contributed by atoms with Gasteiger partial charge in [0.1, 0.15) is 12.4 Å². The van der Waals surface area contributed by atoms with Gasteiger partial charge in [0.2, 0.25) is 0 Å². The quantitative estimate of drug-likeness (QED) is 0.817. The third kappa shape index (κ3) is 2.76. The van der Waals surface area contributed by atoms with Crippen molar-refractivity contribution in [3.05, 3.63) is 46.2 Å². The molecule has 0 atom stereocenters. The first kappa shape index (κ1) is 11.5. The van der Waals surface area contributed by atoms with Crippen molar-refractivity contribution < 1.29 is 14.6 Å². The molecule has 2 rings (SSSR count). The van der Waals surface area contributed by atoms with Crippen LogP contribution in [0.1, 0.15) is 15.2 Å². The number of anilines is 1. The lowest BCUT2D eigenvalue weighted by Crippen LogP contribution is -2.01. The molecule has 1 heterocycles. The van der Waals surface area contributed by atoms with Gasteiger partial charge in [-0.15, -0.1) is 11.3 Å². The van der Waals surface area contributed by atoms with Crippen LogP contribution in [0.2, 0.25) is 0 Å². The summed E-state index contributed by atoms with van der Waals surface area (Å²) < 4.78 is 5.49. The normalized spacial score (nSPS) is 10.1. The Bertz CT molecular complexity index is 523. The van der Waals surface area contributed by atoms with Crippen LogP contribution in [0, 0.1) is 0 Å². The molecule has 0 radical (unpaired) electrons. The van der Waals surface area contributed by atoms with E-state index < -0.39 is 5.97 Å². The van der Waals surface area contributed by atoms with E-state index in [0.717, 1.165) is 4.88 Å². The van der Waals surface area contributed by atoms with Crippen molar-refractivity contribution in [1.29, 1.82) is 0 Å². The first-order chi connectivity index (χ1) is 8.16. The molecule has 88 valence electrons. The minimum atomic E-state index is -0.994. The monoisotopic (exact) mass is 249 g/mol. The minimum absolute atomic E-state index is 0.167. The Morgan fingerprint density at radius 2 is 2.24 bits per heavy atom. The lowest BCUT2D eigenvalue weighted by molar-refractivity contribution is 0.0696. The van der Waals surface area contributed by atoms with E-state index in [1.165, 1.54) is 18.2 Å². The summed E-state index contributed by atoms with van der Waals surface area (Å²) in [6.45, 7) is 0.394. The molecular formula is C12H11NO3S. The van der Waals surface area contributed by atoms with Gasteiger partial charge in [-0.3, -0.25) is 0 Å². The number of carbonyl (C=O) groups is 1. The highest BCUT2D eigenvalue weighted by Crippen LogP contribution is 2.24. The van der Waals surface area contributed by atoms with Crippen LogP contribution in [-0.4, -0.2) is 11.1 Å². The molecule has 4 nitrogen and oxygen atoms in total. The summed E-state index contributed by atoms with van der Waals surface area (Å²) in [5, 5.41) is 10.8. The zero-order valence-corrected chi connectivity index (χ0v) is 9.74. The number of benzene rings is 1. The second-order valence-corrected chi connectivity index (χ2v) is 4.46. The molecular weight excluding hydrogens is 238 g/mol. The summed E-state index contributed by atoms with van der Waals surface area (Å²) >= 11 is 1.58. The Labute approximate surface area is 102 Å². The van der Waals surface area contributed by atoms with E-state index in [2.05, 4.69) is 0 Å². The van der Waals surface area contributed by atoms with Crippen molar-refractivity contribution in [2.45, 2.75) is 6.61 Å². The van der Waals surface area contributed by atoms with Crippen LogP contribution in [-0.2, 0) is 6.61 Å². The van der Waals surface area contributed by atoms with Gasteiger partial charge in [0.05, 0.1) is 11.3 Å². The van der Waals surface area contributed by atoms with E-state index in [0.29, 0.717) is 18.0 Å². The lowest BCUT2D eigenvalue weighted by Gasteiger charge is -2.08. The van der Waals surface area contributed by atoms with Gasteiger partial charge in [-0.05, 0) is 29.6 Å². The zero-order chi connectivity index (χ0) is 12.3. The van der Waals surface area contributed by atoms with Crippen molar-refractivity contribution in [2.24, 2.45) is 0 Å². The highest BCUT2D eigenvalue weighted by molar-refractivity contribution is 7.09. The molecule has 0 unspecified atom stereocenters. The number of nitrogen functional groups attached to an aromatic ring is 1. The summed E-state index contributed by atoms with van der Waals surface area (Å²) in [5.74, 6) is -0.593. The summed E-state index contributed by atoms with van der Waals surface area (Å²) in [4.78, 5) is 11.9. The Hall–Kier alpha value is -2.01. The maximum absolute atomic E-state index is 10.8. The number of thiophene rings is 1. The van der Waals surface area contributed by atoms with Crippen LogP contribution >= 0.6 is 11.3 Å². The summed E-state index contributed by atoms with van der Waals surface area (Å²) in [5.41, 5.74) is 6.32. The first-order valence-electron chi connectivity index (χ1n) is 4.95. The van der Waals surface area contributed by atoms with Crippen LogP contribution in [0.25, 0.3) is 0 Å². The molecule has 0 saturated heterocycles. The number of carboxylic acids is 1. The van der Waals surface area contributed by atoms with Crippen molar-refractivity contribution >= 4 is 23.0 Å². The third-order valence-corrected chi connectivity index (χ3v) is 3.06. The Kier molecular flexibility index (Phi) is 3.30. The van der Waals surface area contributed by atoms with Crippen LogP contribution in [0.3, 0.4) is 0 Å². The molecule has 17 heavy (non-hydrogen) atoms. The Balaban J connectivity index is 2.14.